The van der Waals surface area contributed by atoms with Crippen molar-refractivity contribution in [1.82, 2.24) is 4.98 Å². The van der Waals surface area contributed by atoms with Gasteiger partial charge in [0.1, 0.15) is 0 Å². The van der Waals surface area contributed by atoms with Gasteiger partial charge < -0.3 is 15.0 Å². The fraction of sp³-hybridized carbons (Fsp3) is 0.0870. The molecule has 6 heteroatoms. The number of nitrogens with one attached hydrogen (secondary N) is 1. The number of carbonyl (C=O) groups is 1. The lowest BCUT2D eigenvalue weighted by atomic mass is 9.87. The average molecular weight is 468 g/mol. The molecule has 0 fully saturated rings. The molecule has 2 N–H and O–H groups in total. The van der Waals surface area contributed by atoms with Gasteiger partial charge in [0, 0.05) is 37.7 Å². The molecule has 0 aliphatic carbocycles. The van der Waals surface area contributed by atoms with Gasteiger partial charge >= 0.3 is 0 Å². The van der Waals surface area contributed by atoms with Crippen LogP contribution in [0, 0.1) is 0 Å². The van der Waals surface area contributed by atoms with E-state index in [1.165, 1.54) is 0 Å². The van der Waals surface area contributed by atoms with Crippen LogP contribution in [-0.2, 0) is 16.9 Å². The van der Waals surface area contributed by atoms with Crippen LogP contribution in [-0.4, -0.2) is 16.0 Å². The molecule has 1 aliphatic rings. The number of aromatic amines is 1. The van der Waals surface area contributed by atoms with Gasteiger partial charge in [-0.15, -0.1) is 0 Å². The SMILES string of the molecule is O=C1N(Cc2ccc(Cl)cc2)c2ccc(Br)cc2[C@@]1(O)c1c[nH]c2ccccc12. The van der Waals surface area contributed by atoms with Crippen molar-refractivity contribution in [2.75, 3.05) is 4.90 Å². The van der Waals surface area contributed by atoms with Crippen LogP contribution in [0.2, 0.25) is 5.02 Å². The summed E-state index contributed by atoms with van der Waals surface area (Å²) < 4.78 is 0.802. The summed E-state index contributed by atoms with van der Waals surface area (Å²) >= 11 is 9.48. The van der Waals surface area contributed by atoms with Crippen molar-refractivity contribution in [3.8, 4) is 0 Å². The summed E-state index contributed by atoms with van der Waals surface area (Å²) in [6.45, 7) is 0.343. The second-order valence-electron chi connectivity index (χ2n) is 7.14. The molecule has 1 atom stereocenters. The minimum atomic E-state index is -1.77. The van der Waals surface area contributed by atoms with Gasteiger partial charge in [-0.25, -0.2) is 0 Å². The second-order valence-corrected chi connectivity index (χ2v) is 8.49. The number of amides is 1. The molecular formula is C23H16BrClN2O2. The van der Waals surface area contributed by atoms with E-state index in [9.17, 15) is 9.90 Å². The van der Waals surface area contributed by atoms with E-state index in [4.69, 9.17) is 11.6 Å². The van der Waals surface area contributed by atoms with Crippen molar-refractivity contribution in [3.05, 3.63) is 99.1 Å². The smallest absolute Gasteiger partial charge is 0.268 e. The third kappa shape index (κ3) is 2.81. The summed E-state index contributed by atoms with van der Waals surface area (Å²) in [5.41, 5.74) is 1.84. The van der Waals surface area contributed by atoms with Crippen LogP contribution in [0.5, 0.6) is 0 Å². The predicted molar refractivity (Wildman–Crippen MR) is 118 cm³/mol. The summed E-state index contributed by atoms with van der Waals surface area (Å²) in [7, 11) is 0. The van der Waals surface area contributed by atoms with Gasteiger partial charge in [0.15, 0.2) is 5.60 Å². The molecule has 0 saturated carbocycles. The number of hydrogen-bond donors (Lipinski definition) is 2. The van der Waals surface area contributed by atoms with Crippen LogP contribution in [0.4, 0.5) is 5.69 Å². The molecule has 1 aliphatic heterocycles. The normalized spacial score (nSPS) is 18.4. The zero-order valence-corrected chi connectivity index (χ0v) is 17.5. The number of nitrogens with zero attached hydrogens (tertiary/aromatic N) is 1. The van der Waals surface area contributed by atoms with E-state index in [2.05, 4.69) is 20.9 Å². The topological polar surface area (TPSA) is 56.3 Å². The van der Waals surface area contributed by atoms with E-state index in [1.54, 1.807) is 23.2 Å². The van der Waals surface area contributed by atoms with Crippen LogP contribution in [0.1, 0.15) is 16.7 Å². The maximum Gasteiger partial charge on any atom is 0.268 e. The largest absolute Gasteiger partial charge is 0.372 e. The first kappa shape index (κ1) is 18.4. The van der Waals surface area contributed by atoms with Crippen molar-refractivity contribution in [2.24, 2.45) is 0 Å². The zero-order chi connectivity index (χ0) is 20.2. The van der Waals surface area contributed by atoms with Crippen molar-refractivity contribution < 1.29 is 9.90 Å². The molecular weight excluding hydrogens is 452 g/mol. The number of aromatic nitrogens is 1. The Balaban J connectivity index is 1.68. The summed E-state index contributed by atoms with van der Waals surface area (Å²) in [6.07, 6.45) is 1.72. The zero-order valence-electron chi connectivity index (χ0n) is 15.2. The fourth-order valence-corrected chi connectivity index (χ4v) is 4.50. The highest BCUT2D eigenvalue weighted by atomic mass is 79.9. The molecule has 144 valence electrons. The van der Waals surface area contributed by atoms with Gasteiger partial charge in [0.2, 0.25) is 0 Å². The quantitative estimate of drug-likeness (QED) is 0.426. The van der Waals surface area contributed by atoms with Gasteiger partial charge in [-0.2, -0.15) is 0 Å². The highest BCUT2D eigenvalue weighted by molar-refractivity contribution is 9.10. The van der Waals surface area contributed by atoms with E-state index in [0.29, 0.717) is 28.4 Å². The molecule has 1 aromatic heterocycles. The lowest BCUT2D eigenvalue weighted by molar-refractivity contribution is -0.132. The number of carbonyl (C=O) groups excluding carboxylic acids is 1. The monoisotopic (exact) mass is 466 g/mol. The standard InChI is InChI=1S/C23H16BrClN2O2/c24-15-7-10-21-18(11-15)23(29,19-12-26-20-4-2-1-3-17(19)20)22(28)27(21)13-14-5-8-16(25)9-6-14/h1-12,26,29H,13H2/t23-/m1/s1. The van der Waals surface area contributed by atoms with Gasteiger partial charge in [0.05, 0.1) is 12.2 Å². The lowest BCUT2D eigenvalue weighted by Crippen LogP contribution is -2.40. The third-order valence-corrected chi connectivity index (χ3v) is 6.17. The number of halogens is 2. The van der Waals surface area contributed by atoms with E-state index >= 15 is 0 Å². The highest BCUT2D eigenvalue weighted by Gasteiger charge is 2.52. The first-order valence-corrected chi connectivity index (χ1v) is 10.3. The number of benzene rings is 3. The molecule has 1 amide bonds. The van der Waals surface area contributed by atoms with E-state index in [0.717, 1.165) is 20.9 Å². The summed E-state index contributed by atoms with van der Waals surface area (Å²) in [5.74, 6) is -0.370. The van der Waals surface area contributed by atoms with E-state index in [1.807, 2.05) is 54.6 Å². The minimum Gasteiger partial charge on any atom is -0.372 e. The second kappa shape index (κ2) is 6.73. The summed E-state index contributed by atoms with van der Waals surface area (Å²) in [6, 6.07) is 20.6. The molecule has 0 unspecified atom stereocenters. The molecule has 5 rings (SSSR count). The molecule has 0 bridgehead atoms. The molecule has 4 nitrogen and oxygen atoms in total. The number of H-pyrrole nitrogens is 1. The van der Waals surface area contributed by atoms with Gasteiger partial charge in [-0.3, -0.25) is 4.79 Å². The van der Waals surface area contributed by atoms with Crippen LogP contribution in [0.15, 0.2) is 77.4 Å². The highest BCUT2D eigenvalue weighted by Crippen LogP contribution is 2.47. The van der Waals surface area contributed by atoms with Crippen molar-refractivity contribution >= 4 is 50.0 Å². The van der Waals surface area contributed by atoms with Crippen molar-refractivity contribution in [1.29, 1.82) is 0 Å². The van der Waals surface area contributed by atoms with Crippen LogP contribution in [0.3, 0.4) is 0 Å². The number of fused-ring (bicyclic) bond motifs is 2. The molecule has 0 saturated heterocycles. The van der Waals surface area contributed by atoms with Gasteiger partial charge in [0.25, 0.3) is 5.91 Å². The summed E-state index contributed by atoms with van der Waals surface area (Å²) in [5, 5.41) is 13.3. The Hall–Kier alpha value is -2.60. The van der Waals surface area contributed by atoms with Crippen LogP contribution < -0.4 is 4.90 Å². The Bertz CT molecular complexity index is 1250. The Morgan fingerprint density at radius 1 is 1.03 bits per heavy atom. The first-order chi connectivity index (χ1) is 14.0. The Kier molecular flexibility index (Phi) is 4.28. The Labute approximate surface area is 180 Å². The number of rotatable bonds is 3. The van der Waals surface area contributed by atoms with Crippen LogP contribution >= 0.6 is 27.5 Å². The number of anilines is 1. The number of para-hydroxylation sites is 1. The van der Waals surface area contributed by atoms with Crippen molar-refractivity contribution in [3.63, 3.8) is 0 Å². The summed E-state index contributed by atoms with van der Waals surface area (Å²) in [4.78, 5) is 18.4. The maximum absolute atomic E-state index is 13.6. The molecule has 2 heterocycles. The van der Waals surface area contributed by atoms with Gasteiger partial charge in [-0.05, 0) is 42.0 Å². The molecule has 29 heavy (non-hydrogen) atoms. The Morgan fingerprint density at radius 2 is 1.79 bits per heavy atom. The molecule has 3 aromatic carbocycles. The molecule has 0 radical (unpaired) electrons. The van der Waals surface area contributed by atoms with E-state index in [-0.39, 0.29) is 5.91 Å². The number of hydrogen-bond acceptors (Lipinski definition) is 2. The Morgan fingerprint density at radius 3 is 2.59 bits per heavy atom. The maximum atomic E-state index is 13.6. The van der Waals surface area contributed by atoms with E-state index < -0.39 is 5.60 Å². The predicted octanol–water partition coefficient (Wildman–Crippen LogP) is 5.37. The average Bonchev–Trinajstić information content (AvgIpc) is 3.24. The van der Waals surface area contributed by atoms with Gasteiger partial charge in [-0.1, -0.05) is 57.9 Å². The van der Waals surface area contributed by atoms with Crippen LogP contribution in [0.25, 0.3) is 10.9 Å². The first-order valence-electron chi connectivity index (χ1n) is 9.14. The molecule has 0 spiro atoms. The fourth-order valence-electron chi connectivity index (χ4n) is 4.01. The molecule has 4 aromatic rings. The van der Waals surface area contributed by atoms with Crippen molar-refractivity contribution in [2.45, 2.75) is 12.1 Å². The lowest BCUT2D eigenvalue weighted by Gasteiger charge is -2.23. The number of aliphatic hydroxyl groups is 1. The third-order valence-electron chi connectivity index (χ3n) is 5.43. The minimum absolute atomic E-state index is 0.343.